The van der Waals surface area contributed by atoms with E-state index in [4.69, 9.17) is 14.2 Å². The lowest BCUT2D eigenvalue weighted by molar-refractivity contribution is -0.137. The normalized spacial score (nSPS) is 14.6. The number of ether oxygens (including phenoxy) is 3. The zero-order chi connectivity index (χ0) is 19.4. The van der Waals surface area contributed by atoms with Crippen molar-refractivity contribution in [3.63, 3.8) is 0 Å². The summed E-state index contributed by atoms with van der Waals surface area (Å²) in [5.74, 6) is -1.66. The molecule has 1 N–H and O–H groups in total. The summed E-state index contributed by atoms with van der Waals surface area (Å²) in [4.78, 5) is 26.5. The number of rotatable bonds is 5. The molecule has 1 aromatic rings. The Kier molecular flexibility index (Phi) is 5.92. The number of carbonyl (C=O) groups excluding carboxylic acids is 2. The summed E-state index contributed by atoms with van der Waals surface area (Å²) in [6.07, 6.45) is 3.30. The van der Waals surface area contributed by atoms with Crippen molar-refractivity contribution in [2.24, 2.45) is 0 Å². The van der Waals surface area contributed by atoms with E-state index >= 15 is 0 Å². The maximum absolute atomic E-state index is 12.4. The first-order chi connectivity index (χ1) is 12.3. The summed E-state index contributed by atoms with van der Waals surface area (Å²) < 4.78 is 14.9. The third-order valence-electron chi connectivity index (χ3n) is 4.17. The second-order valence-electron chi connectivity index (χ2n) is 6.06. The monoisotopic (exact) mass is 361 g/mol. The Morgan fingerprint density at radius 2 is 1.58 bits per heavy atom. The molecule has 0 amide bonds. The number of phenols is 1. The molecule has 0 saturated heterocycles. The van der Waals surface area contributed by atoms with E-state index < -0.39 is 17.9 Å². The van der Waals surface area contributed by atoms with Crippen LogP contribution in [0.25, 0.3) is 0 Å². The van der Waals surface area contributed by atoms with E-state index in [0.717, 1.165) is 0 Å². The Bertz CT molecular complexity index is 731. The number of hydrogen-bond acceptors (Lipinski definition) is 7. The smallest absolute Gasteiger partial charge is 0.336 e. The van der Waals surface area contributed by atoms with Crippen LogP contribution < -0.4 is 4.74 Å². The molecule has 26 heavy (non-hydrogen) atoms. The molecule has 0 bridgehead atoms. The third kappa shape index (κ3) is 3.66. The SMILES string of the molecule is COC(=O)C1=CN(C(C)C)C=C(C(=O)OC)C1c1ccc(OC)c(O)c1. The van der Waals surface area contributed by atoms with E-state index in [1.54, 1.807) is 29.4 Å². The van der Waals surface area contributed by atoms with Crippen LogP contribution in [0.1, 0.15) is 25.3 Å². The first-order valence-corrected chi connectivity index (χ1v) is 8.08. The van der Waals surface area contributed by atoms with Gasteiger partial charge < -0.3 is 24.2 Å². The van der Waals surface area contributed by atoms with Crippen LogP contribution in [0.4, 0.5) is 0 Å². The number of methoxy groups -OCH3 is 3. The fraction of sp³-hybridized carbons (Fsp3) is 0.368. The van der Waals surface area contributed by atoms with Crippen molar-refractivity contribution in [3.8, 4) is 11.5 Å². The van der Waals surface area contributed by atoms with Crippen molar-refractivity contribution >= 4 is 11.9 Å². The second kappa shape index (κ2) is 7.95. The molecule has 1 aliphatic heterocycles. The van der Waals surface area contributed by atoms with Gasteiger partial charge in [0.1, 0.15) is 0 Å². The Morgan fingerprint density at radius 3 is 1.96 bits per heavy atom. The fourth-order valence-corrected chi connectivity index (χ4v) is 2.80. The summed E-state index contributed by atoms with van der Waals surface area (Å²) in [6.45, 7) is 3.85. The van der Waals surface area contributed by atoms with Crippen LogP contribution in [0.5, 0.6) is 11.5 Å². The number of hydrogen-bond donors (Lipinski definition) is 1. The highest BCUT2D eigenvalue weighted by Crippen LogP contribution is 2.40. The van der Waals surface area contributed by atoms with Crippen molar-refractivity contribution in [2.45, 2.75) is 25.8 Å². The number of nitrogens with zero attached hydrogens (tertiary/aromatic N) is 1. The van der Waals surface area contributed by atoms with Gasteiger partial charge in [0, 0.05) is 18.4 Å². The summed E-state index contributed by atoms with van der Waals surface area (Å²) in [7, 11) is 4.00. The van der Waals surface area contributed by atoms with Gasteiger partial charge in [0.05, 0.1) is 38.4 Å². The lowest BCUT2D eigenvalue weighted by Crippen LogP contribution is -2.31. The molecular weight excluding hydrogens is 338 g/mol. The molecule has 140 valence electrons. The van der Waals surface area contributed by atoms with E-state index in [1.807, 2.05) is 13.8 Å². The van der Waals surface area contributed by atoms with Gasteiger partial charge in [-0.15, -0.1) is 0 Å². The molecular formula is C19H23NO6. The lowest BCUT2D eigenvalue weighted by Gasteiger charge is -2.32. The molecule has 0 aliphatic carbocycles. The molecule has 0 radical (unpaired) electrons. The average Bonchev–Trinajstić information content (AvgIpc) is 2.65. The largest absolute Gasteiger partial charge is 0.504 e. The van der Waals surface area contributed by atoms with Crippen LogP contribution >= 0.6 is 0 Å². The molecule has 0 aromatic heterocycles. The number of benzene rings is 1. The van der Waals surface area contributed by atoms with E-state index in [2.05, 4.69) is 0 Å². The van der Waals surface area contributed by atoms with Crippen molar-refractivity contribution < 1.29 is 28.9 Å². The lowest BCUT2D eigenvalue weighted by atomic mass is 9.83. The molecule has 0 unspecified atom stereocenters. The van der Waals surface area contributed by atoms with Crippen molar-refractivity contribution in [1.82, 2.24) is 4.90 Å². The maximum atomic E-state index is 12.4. The van der Waals surface area contributed by atoms with Gasteiger partial charge >= 0.3 is 11.9 Å². The van der Waals surface area contributed by atoms with Crippen molar-refractivity contribution in [3.05, 3.63) is 47.3 Å². The molecule has 0 fully saturated rings. The van der Waals surface area contributed by atoms with Crippen LogP contribution in [-0.4, -0.2) is 49.3 Å². The Hall–Kier alpha value is -2.96. The second-order valence-corrected chi connectivity index (χ2v) is 6.06. The van der Waals surface area contributed by atoms with Crippen LogP contribution in [-0.2, 0) is 19.1 Å². The Morgan fingerprint density at radius 1 is 1.04 bits per heavy atom. The number of esters is 2. The number of phenolic OH excluding ortho intramolecular Hbond substituents is 1. The van der Waals surface area contributed by atoms with Gasteiger partial charge in [0.25, 0.3) is 0 Å². The zero-order valence-electron chi connectivity index (χ0n) is 15.5. The van der Waals surface area contributed by atoms with Gasteiger partial charge in [0.15, 0.2) is 11.5 Å². The molecule has 2 rings (SSSR count). The number of aromatic hydroxyl groups is 1. The quantitative estimate of drug-likeness (QED) is 0.806. The van der Waals surface area contributed by atoms with Crippen LogP contribution in [0.2, 0.25) is 0 Å². The van der Waals surface area contributed by atoms with Gasteiger partial charge in [-0.2, -0.15) is 0 Å². The minimum absolute atomic E-state index is 0.0135. The molecule has 1 heterocycles. The predicted octanol–water partition coefficient (Wildman–Crippen LogP) is 2.32. The van der Waals surface area contributed by atoms with Crippen LogP contribution in [0.15, 0.2) is 41.7 Å². The summed E-state index contributed by atoms with van der Waals surface area (Å²) in [5.41, 5.74) is 1.09. The highest BCUT2D eigenvalue weighted by atomic mass is 16.5. The van der Waals surface area contributed by atoms with Gasteiger partial charge in [-0.3, -0.25) is 0 Å². The molecule has 0 saturated carbocycles. The molecule has 7 heteroatoms. The summed E-state index contributed by atoms with van der Waals surface area (Å²) >= 11 is 0. The van der Waals surface area contributed by atoms with E-state index in [9.17, 15) is 14.7 Å². The zero-order valence-corrected chi connectivity index (χ0v) is 15.5. The van der Waals surface area contributed by atoms with Crippen LogP contribution in [0.3, 0.4) is 0 Å². The Balaban J connectivity index is 2.64. The first kappa shape index (κ1) is 19.4. The molecule has 7 nitrogen and oxygen atoms in total. The highest BCUT2D eigenvalue weighted by molar-refractivity contribution is 5.98. The van der Waals surface area contributed by atoms with Gasteiger partial charge in [-0.1, -0.05) is 6.07 Å². The van der Waals surface area contributed by atoms with Crippen molar-refractivity contribution in [1.29, 1.82) is 0 Å². The van der Waals surface area contributed by atoms with E-state index in [-0.39, 0.29) is 22.9 Å². The molecule has 0 atom stereocenters. The van der Waals surface area contributed by atoms with Crippen LogP contribution in [0, 0.1) is 0 Å². The van der Waals surface area contributed by atoms with Gasteiger partial charge in [-0.25, -0.2) is 9.59 Å². The number of carbonyl (C=O) groups is 2. The van der Waals surface area contributed by atoms with E-state index in [1.165, 1.54) is 27.4 Å². The molecule has 1 aliphatic rings. The van der Waals surface area contributed by atoms with Gasteiger partial charge in [-0.05, 0) is 31.5 Å². The fourth-order valence-electron chi connectivity index (χ4n) is 2.80. The Labute approximate surface area is 152 Å². The highest BCUT2D eigenvalue weighted by Gasteiger charge is 2.36. The topological polar surface area (TPSA) is 85.3 Å². The third-order valence-corrected chi connectivity index (χ3v) is 4.17. The minimum Gasteiger partial charge on any atom is -0.504 e. The van der Waals surface area contributed by atoms with Crippen molar-refractivity contribution in [2.75, 3.05) is 21.3 Å². The van der Waals surface area contributed by atoms with E-state index in [0.29, 0.717) is 11.3 Å². The summed E-state index contributed by atoms with van der Waals surface area (Å²) in [5, 5.41) is 10.1. The minimum atomic E-state index is -0.735. The predicted molar refractivity (Wildman–Crippen MR) is 94.6 cm³/mol. The average molecular weight is 361 g/mol. The first-order valence-electron chi connectivity index (χ1n) is 8.08. The molecule has 0 spiro atoms. The summed E-state index contributed by atoms with van der Waals surface area (Å²) in [6, 6.07) is 4.73. The standard InChI is InChI=1S/C19H23NO6/c1-11(2)20-9-13(18(22)25-4)17(14(10-20)19(23)26-5)12-6-7-16(24-3)15(21)8-12/h6-11,17,21H,1-5H3. The molecule has 1 aromatic carbocycles. The van der Waals surface area contributed by atoms with Gasteiger partial charge in [0.2, 0.25) is 0 Å². The maximum Gasteiger partial charge on any atom is 0.336 e.